The largest absolute Gasteiger partial charge is 0.534 e. The minimum Gasteiger partial charge on any atom is -0.489 e. The molecule has 0 N–H and O–H groups in total. The maximum absolute atomic E-state index is 12.8. The summed E-state index contributed by atoms with van der Waals surface area (Å²) in [6.07, 6.45) is -0.0466. The second-order valence-corrected chi connectivity index (χ2v) is 8.33. The molecule has 0 spiro atoms. The summed E-state index contributed by atoms with van der Waals surface area (Å²) in [6.45, 7) is 1.70. The maximum Gasteiger partial charge on any atom is 0.534 e. The lowest BCUT2D eigenvalue weighted by atomic mass is 10.1. The van der Waals surface area contributed by atoms with E-state index in [2.05, 4.69) is 4.18 Å². The van der Waals surface area contributed by atoms with Crippen LogP contribution in [0.4, 0.5) is 13.2 Å². The maximum atomic E-state index is 12.8. The number of furan rings is 1. The van der Waals surface area contributed by atoms with E-state index in [4.69, 9.17) is 25.5 Å². The van der Waals surface area contributed by atoms with Crippen LogP contribution in [0.15, 0.2) is 46.9 Å². The van der Waals surface area contributed by atoms with E-state index in [1.807, 2.05) is 0 Å². The zero-order chi connectivity index (χ0) is 23.5. The van der Waals surface area contributed by atoms with Gasteiger partial charge >= 0.3 is 21.6 Å². The molecule has 0 amide bonds. The Morgan fingerprint density at radius 2 is 1.84 bits per heavy atom. The number of hydrogen-bond acceptors (Lipinski definition) is 7. The standard InChI is InChI=1S/C20H16ClF3O7S/c1-2-28-19(25)9-13-5-3-4-6-15(13)29-11-12-7-16-14(10-18(21)30-16)17(8-12)31-32(26,27)20(22,23)24/h3-8,10H,2,9,11H2,1H3. The van der Waals surface area contributed by atoms with Gasteiger partial charge in [0.05, 0.1) is 18.4 Å². The highest BCUT2D eigenvalue weighted by Crippen LogP contribution is 2.36. The number of rotatable bonds is 8. The molecule has 1 heterocycles. The van der Waals surface area contributed by atoms with Gasteiger partial charge in [-0.15, -0.1) is 0 Å². The molecule has 3 rings (SSSR count). The van der Waals surface area contributed by atoms with E-state index < -0.39 is 27.3 Å². The van der Waals surface area contributed by atoms with Crippen LogP contribution in [-0.2, 0) is 32.7 Å². The van der Waals surface area contributed by atoms with E-state index in [1.54, 1.807) is 31.2 Å². The highest BCUT2D eigenvalue weighted by molar-refractivity contribution is 7.88. The van der Waals surface area contributed by atoms with Gasteiger partial charge in [0.15, 0.2) is 11.0 Å². The second kappa shape index (κ2) is 9.29. The Morgan fingerprint density at radius 3 is 2.53 bits per heavy atom. The Balaban J connectivity index is 1.89. The summed E-state index contributed by atoms with van der Waals surface area (Å²) in [4.78, 5) is 11.8. The summed E-state index contributed by atoms with van der Waals surface area (Å²) in [6, 6.07) is 10.3. The molecule has 0 atom stereocenters. The number of halogens is 4. The molecule has 1 aromatic heterocycles. The van der Waals surface area contributed by atoms with Gasteiger partial charge in [-0.1, -0.05) is 18.2 Å². The average Bonchev–Trinajstić information content (AvgIpc) is 3.07. The van der Waals surface area contributed by atoms with Gasteiger partial charge in [-0.2, -0.15) is 21.6 Å². The molecular weight excluding hydrogens is 477 g/mol. The average molecular weight is 493 g/mol. The fourth-order valence-electron chi connectivity index (χ4n) is 2.77. The first-order valence-corrected chi connectivity index (χ1v) is 10.9. The summed E-state index contributed by atoms with van der Waals surface area (Å²) in [5.41, 5.74) is -4.85. The first-order valence-electron chi connectivity index (χ1n) is 9.09. The molecule has 12 heteroatoms. The first-order chi connectivity index (χ1) is 15.0. The molecule has 7 nitrogen and oxygen atoms in total. The van der Waals surface area contributed by atoms with Crippen molar-refractivity contribution >= 4 is 38.7 Å². The zero-order valence-corrected chi connectivity index (χ0v) is 18.0. The van der Waals surface area contributed by atoms with Gasteiger partial charge in [-0.05, 0) is 42.3 Å². The van der Waals surface area contributed by atoms with E-state index >= 15 is 0 Å². The van der Waals surface area contributed by atoms with Crippen molar-refractivity contribution < 1.29 is 44.5 Å². The predicted molar refractivity (Wildman–Crippen MR) is 108 cm³/mol. The monoisotopic (exact) mass is 492 g/mol. The van der Waals surface area contributed by atoms with Crippen LogP contribution < -0.4 is 8.92 Å². The molecule has 0 unspecified atom stereocenters. The molecule has 32 heavy (non-hydrogen) atoms. The van der Waals surface area contributed by atoms with E-state index in [0.29, 0.717) is 11.3 Å². The fraction of sp³-hybridized carbons (Fsp3) is 0.250. The Hall–Kier alpha value is -2.92. The molecule has 0 saturated heterocycles. The third-order valence-corrected chi connectivity index (χ3v) is 5.27. The molecule has 0 fully saturated rings. The summed E-state index contributed by atoms with van der Waals surface area (Å²) in [7, 11) is -5.92. The van der Waals surface area contributed by atoms with Crippen molar-refractivity contribution in [1.29, 1.82) is 0 Å². The summed E-state index contributed by atoms with van der Waals surface area (Å²) < 4.78 is 81.4. The van der Waals surface area contributed by atoms with Crippen LogP contribution in [0.2, 0.25) is 5.22 Å². The molecule has 172 valence electrons. The summed E-state index contributed by atoms with van der Waals surface area (Å²) in [5, 5.41) is -0.235. The molecule has 0 aliphatic heterocycles. The van der Waals surface area contributed by atoms with Crippen molar-refractivity contribution in [2.75, 3.05) is 6.61 Å². The highest BCUT2D eigenvalue weighted by atomic mass is 35.5. The van der Waals surface area contributed by atoms with Gasteiger partial charge < -0.3 is 18.1 Å². The van der Waals surface area contributed by atoms with Crippen molar-refractivity contribution in [3.8, 4) is 11.5 Å². The van der Waals surface area contributed by atoms with Crippen LogP contribution in [0.3, 0.4) is 0 Å². The molecule has 0 bridgehead atoms. The Morgan fingerprint density at radius 1 is 1.12 bits per heavy atom. The molecule has 0 aliphatic carbocycles. The lowest BCUT2D eigenvalue weighted by molar-refractivity contribution is -0.142. The van der Waals surface area contributed by atoms with E-state index in [1.165, 1.54) is 6.07 Å². The van der Waals surface area contributed by atoms with Gasteiger partial charge in [-0.25, -0.2) is 0 Å². The van der Waals surface area contributed by atoms with Crippen molar-refractivity contribution in [3.05, 3.63) is 58.8 Å². The van der Waals surface area contributed by atoms with E-state index in [9.17, 15) is 26.4 Å². The molecule has 0 saturated carbocycles. The minimum absolute atomic E-state index is 0.00304. The van der Waals surface area contributed by atoms with Gasteiger partial charge in [0, 0.05) is 11.6 Å². The Kier molecular flexibility index (Phi) is 6.89. The first kappa shape index (κ1) is 23.7. The van der Waals surface area contributed by atoms with Crippen molar-refractivity contribution in [2.45, 2.75) is 25.5 Å². The number of carbonyl (C=O) groups is 1. The second-order valence-electron chi connectivity index (χ2n) is 6.42. The SMILES string of the molecule is CCOC(=O)Cc1ccccc1OCc1cc(OS(=O)(=O)C(F)(F)F)c2cc(Cl)oc2c1. The number of fused-ring (bicyclic) bond motifs is 1. The summed E-state index contributed by atoms with van der Waals surface area (Å²) in [5.74, 6) is -0.736. The van der Waals surface area contributed by atoms with Crippen molar-refractivity contribution in [2.24, 2.45) is 0 Å². The lowest BCUT2D eigenvalue weighted by Gasteiger charge is -2.13. The molecule has 3 aromatic rings. The van der Waals surface area contributed by atoms with E-state index in [-0.39, 0.29) is 41.4 Å². The van der Waals surface area contributed by atoms with Crippen molar-refractivity contribution in [1.82, 2.24) is 0 Å². The smallest absolute Gasteiger partial charge is 0.489 e. The molecule has 0 radical (unpaired) electrons. The third kappa shape index (κ3) is 5.46. The number of carbonyl (C=O) groups excluding carboxylic acids is 1. The van der Waals surface area contributed by atoms with Crippen LogP contribution in [0.25, 0.3) is 11.0 Å². The predicted octanol–water partition coefficient (Wildman–Crippen LogP) is 5.00. The fourth-order valence-corrected chi connectivity index (χ4v) is 3.43. The van der Waals surface area contributed by atoms with Crippen LogP contribution in [-0.4, -0.2) is 26.5 Å². The topological polar surface area (TPSA) is 92.0 Å². The minimum atomic E-state index is -5.92. The number of alkyl halides is 3. The Labute approximate surface area is 185 Å². The van der Waals surface area contributed by atoms with Gasteiger partial charge in [0.1, 0.15) is 17.9 Å². The number of para-hydroxylation sites is 1. The third-order valence-electron chi connectivity index (χ3n) is 4.12. The van der Waals surface area contributed by atoms with Gasteiger partial charge in [-0.3, -0.25) is 4.79 Å². The van der Waals surface area contributed by atoms with Crippen LogP contribution in [0, 0.1) is 0 Å². The van der Waals surface area contributed by atoms with Crippen LogP contribution >= 0.6 is 11.6 Å². The molecule has 2 aromatic carbocycles. The zero-order valence-electron chi connectivity index (χ0n) is 16.4. The van der Waals surface area contributed by atoms with Crippen LogP contribution in [0.1, 0.15) is 18.1 Å². The van der Waals surface area contributed by atoms with Gasteiger partial charge in [0.2, 0.25) is 0 Å². The quantitative estimate of drug-likeness (QED) is 0.248. The Bertz CT molecular complexity index is 1240. The highest BCUT2D eigenvalue weighted by Gasteiger charge is 2.48. The summed E-state index contributed by atoms with van der Waals surface area (Å²) >= 11 is 5.77. The number of benzene rings is 2. The lowest BCUT2D eigenvalue weighted by Crippen LogP contribution is -2.28. The molecular formula is C20H16ClF3O7S. The molecule has 0 aliphatic rings. The number of ether oxygens (including phenoxy) is 2. The number of esters is 1. The van der Waals surface area contributed by atoms with E-state index in [0.717, 1.165) is 12.1 Å². The number of hydrogen-bond donors (Lipinski definition) is 0. The normalized spacial score (nSPS) is 12.0. The van der Waals surface area contributed by atoms with Crippen molar-refractivity contribution in [3.63, 3.8) is 0 Å². The van der Waals surface area contributed by atoms with Gasteiger partial charge in [0.25, 0.3) is 0 Å². The van der Waals surface area contributed by atoms with Crippen LogP contribution in [0.5, 0.6) is 11.5 Å².